The Morgan fingerprint density at radius 1 is 1.25 bits per heavy atom. The average molecular weight is 253 g/mol. The number of alkyl halides is 3. The summed E-state index contributed by atoms with van der Waals surface area (Å²) in [7, 11) is -4.36. The van der Waals surface area contributed by atoms with Crippen LogP contribution >= 0.6 is 0 Å². The summed E-state index contributed by atoms with van der Waals surface area (Å²) in [6.45, 7) is 0. The van der Waals surface area contributed by atoms with Gasteiger partial charge in [-0.05, 0) is 18.2 Å². The molecule has 0 aliphatic heterocycles. The van der Waals surface area contributed by atoms with Crippen molar-refractivity contribution in [1.29, 1.82) is 0 Å². The van der Waals surface area contributed by atoms with Crippen LogP contribution in [0.3, 0.4) is 0 Å². The van der Waals surface area contributed by atoms with Gasteiger partial charge < -0.3 is 0 Å². The molecular formula is C8H6F3NO3S. The first-order chi connectivity index (χ1) is 7.16. The van der Waals surface area contributed by atoms with Crippen LogP contribution in [0.1, 0.15) is 15.9 Å². The molecule has 0 atom stereocenters. The Kier molecular flexibility index (Phi) is 3.06. The highest BCUT2D eigenvalue weighted by Crippen LogP contribution is 2.31. The zero-order chi connectivity index (χ0) is 12.6. The molecule has 1 rings (SSSR count). The number of hydrogen-bond donors (Lipinski definition) is 1. The van der Waals surface area contributed by atoms with Gasteiger partial charge in [0.2, 0.25) is 10.0 Å². The Morgan fingerprint density at radius 2 is 1.81 bits per heavy atom. The Bertz CT molecular complexity index is 522. The molecule has 16 heavy (non-hydrogen) atoms. The summed E-state index contributed by atoms with van der Waals surface area (Å²) in [6.07, 6.45) is -4.57. The molecule has 0 fully saturated rings. The summed E-state index contributed by atoms with van der Waals surface area (Å²) < 4.78 is 58.7. The lowest BCUT2D eigenvalue weighted by molar-refractivity contribution is -0.137. The van der Waals surface area contributed by atoms with Crippen molar-refractivity contribution in [1.82, 2.24) is 0 Å². The SMILES string of the molecule is NS(=O)(=O)c1cc(C(F)(F)F)ccc1C=O. The molecular weight excluding hydrogens is 247 g/mol. The van der Waals surface area contributed by atoms with E-state index in [-0.39, 0.29) is 6.29 Å². The lowest BCUT2D eigenvalue weighted by Crippen LogP contribution is -2.16. The molecule has 8 heteroatoms. The van der Waals surface area contributed by atoms with Gasteiger partial charge in [0.25, 0.3) is 0 Å². The minimum absolute atomic E-state index is 0.125. The third kappa shape index (κ3) is 2.58. The third-order valence-corrected chi connectivity index (χ3v) is 2.74. The van der Waals surface area contributed by atoms with Gasteiger partial charge in [-0.25, -0.2) is 13.6 Å². The summed E-state index contributed by atoms with van der Waals surface area (Å²) in [5.41, 5.74) is -1.59. The Hall–Kier alpha value is -1.41. The molecule has 4 nitrogen and oxygen atoms in total. The molecule has 0 saturated heterocycles. The number of benzene rings is 1. The number of aldehydes is 1. The van der Waals surface area contributed by atoms with Crippen LogP contribution in [0, 0.1) is 0 Å². The van der Waals surface area contributed by atoms with Gasteiger partial charge in [0.15, 0.2) is 6.29 Å². The van der Waals surface area contributed by atoms with E-state index in [1.807, 2.05) is 0 Å². The monoisotopic (exact) mass is 253 g/mol. The summed E-state index contributed by atoms with van der Waals surface area (Å²) in [5.74, 6) is 0. The molecule has 0 heterocycles. The molecule has 0 bridgehead atoms. The highest BCUT2D eigenvalue weighted by Gasteiger charge is 2.32. The molecule has 0 aliphatic rings. The topological polar surface area (TPSA) is 77.2 Å². The van der Waals surface area contributed by atoms with Gasteiger partial charge in [-0.2, -0.15) is 13.2 Å². The van der Waals surface area contributed by atoms with Crippen molar-refractivity contribution < 1.29 is 26.4 Å². The van der Waals surface area contributed by atoms with Crippen molar-refractivity contribution in [2.45, 2.75) is 11.1 Å². The van der Waals surface area contributed by atoms with Crippen LogP contribution in [0.2, 0.25) is 0 Å². The maximum absolute atomic E-state index is 12.3. The lowest BCUT2D eigenvalue weighted by Gasteiger charge is -2.09. The van der Waals surface area contributed by atoms with Crippen LogP contribution < -0.4 is 5.14 Å². The van der Waals surface area contributed by atoms with Crippen molar-refractivity contribution in [3.63, 3.8) is 0 Å². The van der Waals surface area contributed by atoms with E-state index in [2.05, 4.69) is 0 Å². The third-order valence-electron chi connectivity index (χ3n) is 1.77. The van der Waals surface area contributed by atoms with Crippen molar-refractivity contribution in [3.8, 4) is 0 Å². The van der Waals surface area contributed by atoms with Crippen LogP contribution in [0.4, 0.5) is 13.2 Å². The molecule has 0 aromatic heterocycles. The first kappa shape index (κ1) is 12.7. The van der Waals surface area contributed by atoms with Gasteiger partial charge in [0.1, 0.15) is 0 Å². The van der Waals surface area contributed by atoms with Crippen molar-refractivity contribution in [2.75, 3.05) is 0 Å². The fraction of sp³-hybridized carbons (Fsp3) is 0.125. The van der Waals surface area contributed by atoms with E-state index in [1.165, 1.54) is 0 Å². The fourth-order valence-electron chi connectivity index (χ4n) is 1.05. The maximum atomic E-state index is 12.3. The number of carbonyl (C=O) groups excluding carboxylic acids is 1. The van der Waals surface area contributed by atoms with E-state index >= 15 is 0 Å². The van der Waals surface area contributed by atoms with E-state index in [0.29, 0.717) is 12.1 Å². The lowest BCUT2D eigenvalue weighted by atomic mass is 10.1. The summed E-state index contributed by atoms with van der Waals surface area (Å²) >= 11 is 0. The molecule has 0 aliphatic carbocycles. The minimum Gasteiger partial charge on any atom is -0.298 e. The second-order valence-electron chi connectivity index (χ2n) is 2.91. The molecule has 1 aromatic carbocycles. The van der Waals surface area contributed by atoms with Gasteiger partial charge in [-0.3, -0.25) is 4.79 Å². The number of hydrogen-bond acceptors (Lipinski definition) is 3. The van der Waals surface area contributed by atoms with E-state index in [1.54, 1.807) is 0 Å². The number of primary sulfonamides is 1. The van der Waals surface area contributed by atoms with E-state index in [4.69, 9.17) is 5.14 Å². The second-order valence-corrected chi connectivity index (χ2v) is 4.44. The largest absolute Gasteiger partial charge is 0.416 e. The fourth-order valence-corrected chi connectivity index (χ4v) is 1.79. The summed E-state index contributed by atoms with van der Waals surface area (Å²) in [5, 5.41) is 4.69. The molecule has 88 valence electrons. The zero-order valence-electron chi connectivity index (χ0n) is 7.65. The van der Waals surface area contributed by atoms with Crippen LogP contribution in [-0.2, 0) is 16.2 Å². The number of sulfonamides is 1. The first-order valence-electron chi connectivity index (χ1n) is 3.85. The Morgan fingerprint density at radius 3 is 2.19 bits per heavy atom. The molecule has 1 aromatic rings. The number of carbonyl (C=O) groups is 1. The standard InChI is InChI=1S/C8H6F3NO3S/c9-8(10,11)6-2-1-5(4-13)7(3-6)16(12,14)15/h1-4H,(H2,12,14,15). The van der Waals surface area contributed by atoms with Gasteiger partial charge in [0.05, 0.1) is 10.5 Å². The highest BCUT2D eigenvalue weighted by molar-refractivity contribution is 7.89. The van der Waals surface area contributed by atoms with Crippen LogP contribution in [0.15, 0.2) is 23.1 Å². The average Bonchev–Trinajstić information content (AvgIpc) is 2.14. The van der Waals surface area contributed by atoms with Crippen molar-refractivity contribution >= 4 is 16.3 Å². The molecule has 0 amide bonds. The van der Waals surface area contributed by atoms with E-state index in [0.717, 1.165) is 6.07 Å². The predicted octanol–water partition coefficient (Wildman–Crippen LogP) is 1.17. The van der Waals surface area contributed by atoms with Gasteiger partial charge >= 0.3 is 6.18 Å². The van der Waals surface area contributed by atoms with Crippen LogP contribution in [-0.4, -0.2) is 14.7 Å². The van der Waals surface area contributed by atoms with Crippen LogP contribution in [0.25, 0.3) is 0 Å². The molecule has 0 radical (unpaired) electrons. The van der Waals surface area contributed by atoms with Crippen molar-refractivity contribution in [3.05, 3.63) is 29.3 Å². The molecule has 0 unspecified atom stereocenters. The van der Waals surface area contributed by atoms with Crippen molar-refractivity contribution in [2.24, 2.45) is 5.14 Å². The van der Waals surface area contributed by atoms with E-state index < -0.39 is 32.2 Å². The summed E-state index contributed by atoms with van der Waals surface area (Å²) in [6, 6.07) is 1.70. The first-order valence-corrected chi connectivity index (χ1v) is 5.40. The molecule has 0 spiro atoms. The maximum Gasteiger partial charge on any atom is 0.416 e. The zero-order valence-corrected chi connectivity index (χ0v) is 8.47. The predicted molar refractivity (Wildman–Crippen MR) is 48.2 cm³/mol. The Labute approximate surface area is 88.9 Å². The van der Waals surface area contributed by atoms with E-state index in [9.17, 15) is 26.4 Å². The summed E-state index contributed by atoms with van der Waals surface area (Å²) in [4.78, 5) is 9.60. The highest BCUT2D eigenvalue weighted by atomic mass is 32.2. The minimum atomic E-state index is -4.69. The number of rotatable bonds is 2. The number of halogens is 3. The van der Waals surface area contributed by atoms with Crippen LogP contribution in [0.5, 0.6) is 0 Å². The quantitative estimate of drug-likeness (QED) is 0.803. The molecule has 0 saturated carbocycles. The number of nitrogens with two attached hydrogens (primary N) is 1. The van der Waals surface area contributed by atoms with Gasteiger partial charge in [-0.15, -0.1) is 0 Å². The smallest absolute Gasteiger partial charge is 0.298 e. The Balaban J connectivity index is 3.52. The van der Waals surface area contributed by atoms with Gasteiger partial charge in [-0.1, -0.05) is 0 Å². The normalized spacial score (nSPS) is 12.5. The second kappa shape index (κ2) is 3.87. The molecule has 2 N–H and O–H groups in total. The van der Waals surface area contributed by atoms with Gasteiger partial charge in [0, 0.05) is 5.56 Å².